The van der Waals surface area contributed by atoms with Crippen LogP contribution in [0.3, 0.4) is 0 Å². The second kappa shape index (κ2) is 11.5. The van der Waals surface area contributed by atoms with Crippen molar-refractivity contribution in [3.63, 3.8) is 0 Å². The number of likely N-dealkylation sites (N-methyl/N-ethyl adjacent to an activating group) is 1. The Morgan fingerprint density at radius 3 is 2.35 bits per heavy atom. The molecule has 1 aliphatic heterocycles. The van der Waals surface area contributed by atoms with Gasteiger partial charge in [-0.2, -0.15) is 0 Å². The van der Waals surface area contributed by atoms with Crippen molar-refractivity contribution < 1.29 is 0 Å². The molecule has 1 aliphatic rings. The average Bonchev–Trinajstić information content (AvgIpc) is 2.48. The van der Waals surface area contributed by atoms with Crippen LogP contribution in [0.5, 0.6) is 0 Å². The zero-order valence-corrected chi connectivity index (χ0v) is 18.3. The van der Waals surface area contributed by atoms with E-state index in [1.807, 2.05) is 7.05 Å². The lowest BCUT2D eigenvalue weighted by Gasteiger charge is -2.33. The molecule has 0 radical (unpaired) electrons. The van der Waals surface area contributed by atoms with Crippen LogP contribution >= 0.6 is 24.0 Å². The molecule has 0 bridgehead atoms. The summed E-state index contributed by atoms with van der Waals surface area (Å²) in [5.74, 6) is 1.82. The molecule has 2 N–H and O–H groups in total. The monoisotopic (exact) mass is 439 g/mol. The zero-order valence-electron chi connectivity index (χ0n) is 16.0. The first-order valence-electron chi connectivity index (χ1n) is 8.69. The van der Waals surface area contributed by atoms with E-state index >= 15 is 0 Å². The summed E-state index contributed by atoms with van der Waals surface area (Å²) >= 11 is 0. The molecule has 1 fully saturated rings. The second-order valence-corrected chi connectivity index (χ2v) is 7.44. The van der Waals surface area contributed by atoms with E-state index in [0.717, 1.165) is 25.0 Å². The van der Waals surface area contributed by atoms with Gasteiger partial charge in [0.05, 0.1) is 0 Å². The smallest absolute Gasteiger partial charge is 0.191 e. The average molecular weight is 439 g/mol. The summed E-state index contributed by atoms with van der Waals surface area (Å²) in [6.07, 6.45) is 3.89. The molecule has 0 spiro atoms. The largest absolute Gasteiger partial charge is 0.356 e. The molecule has 1 saturated heterocycles. The number of guanidine groups is 1. The molecular formula is C17H38IN5. The van der Waals surface area contributed by atoms with E-state index in [2.05, 4.69) is 60.3 Å². The molecule has 0 aliphatic carbocycles. The highest BCUT2D eigenvalue weighted by Crippen LogP contribution is 2.15. The van der Waals surface area contributed by atoms with Crippen LogP contribution in [0.1, 0.15) is 40.0 Å². The van der Waals surface area contributed by atoms with Gasteiger partial charge in [0.2, 0.25) is 0 Å². The molecule has 5 nitrogen and oxygen atoms in total. The van der Waals surface area contributed by atoms with Gasteiger partial charge in [-0.05, 0) is 72.8 Å². The van der Waals surface area contributed by atoms with Gasteiger partial charge in [-0.3, -0.25) is 4.99 Å². The van der Waals surface area contributed by atoms with Crippen molar-refractivity contribution in [3.8, 4) is 0 Å². The van der Waals surface area contributed by atoms with Gasteiger partial charge in [0.1, 0.15) is 0 Å². The highest BCUT2D eigenvalue weighted by Gasteiger charge is 2.20. The van der Waals surface area contributed by atoms with Gasteiger partial charge in [-0.25, -0.2) is 0 Å². The molecule has 138 valence electrons. The maximum Gasteiger partial charge on any atom is 0.191 e. The molecule has 1 rings (SSSR count). The lowest BCUT2D eigenvalue weighted by atomic mass is 9.99. The summed E-state index contributed by atoms with van der Waals surface area (Å²) in [6.45, 7) is 12.4. The molecule has 6 heteroatoms. The van der Waals surface area contributed by atoms with E-state index in [1.165, 1.54) is 38.9 Å². The number of hydrogen-bond acceptors (Lipinski definition) is 3. The van der Waals surface area contributed by atoms with E-state index in [1.54, 1.807) is 0 Å². The Balaban J connectivity index is 0.00000484. The Labute approximate surface area is 160 Å². The van der Waals surface area contributed by atoms with Crippen LogP contribution in [0.25, 0.3) is 0 Å². The van der Waals surface area contributed by atoms with Crippen molar-refractivity contribution in [2.45, 2.75) is 45.6 Å². The number of halogens is 1. The first-order chi connectivity index (χ1) is 10.3. The maximum atomic E-state index is 4.31. The zero-order chi connectivity index (χ0) is 16.6. The minimum Gasteiger partial charge on any atom is -0.356 e. The molecular weight excluding hydrogens is 401 g/mol. The van der Waals surface area contributed by atoms with Crippen LogP contribution in [-0.4, -0.2) is 75.2 Å². The quantitative estimate of drug-likeness (QED) is 0.276. The number of hydrogen-bond donors (Lipinski definition) is 2. The van der Waals surface area contributed by atoms with E-state index in [0.29, 0.717) is 0 Å². The summed E-state index contributed by atoms with van der Waals surface area (Å²) in [5.41, 5.74) is 0.113. The van der Waals surface area contributed by atoms with Crippen LogP contribution in [0.4, 0.5) is 0 Å². The minimum absolute atomic E-state index is 0. The van der Waals surface area contributed by atoms with Gasteiger partial charge < -0.3 is 20.4 Å². The van der Waals surface area contributed by atoms with Crippen molar-refractivity contribution >= 4 is 29.9 Å². The number of aliphatic imine (C=N–C) groups is 1. The summed E-state index contributed by atoms with van der Waals surface area (Å²) < 4.78 is 0. The Hall–Kier alpha value is -0.0800. The van der Waals surface area contributed by atoms with Crippen molar-refractivity contribution in [1.29, 1.82) is 0 Å². The fourth-order valence-corrected chi connectivity index (χ4v) is 2.47. The summed E-state index contributed by atoms with van der Waals surface area (Å²) in [5, 5.41) is 6.84. The van der Waals surface area contributed by atoms with Crippen LogP contribution in [0, 0.1) is 5.92 Å². The van der Waals surface area contributed by atoms with Gasteiger partial charge in [0.25, 0.3) is 0 Å². The number of nitrogens with one attached hydrogen (secondary N) is 2. The molecule has 0 aromatic carbocycles. The number of piperidine rings is 1. The van der Waals surface area contributed by atoms with Crippen molar-refractivity contribution in [1.82, 2.24) is 20.4 Å². The van der Waals surface area contributed by atoms with E-state index in [4.69, 9.17) is 0 Å². The van der Waals surface area contributed by atoms with Crippen molar-refractivity contribution in [2.24, 2.45) is 10.9 Å². The molecule has 0 unspecified atom stereocenters. The molecule has 0 saturated carbocycles. The summed E-state index contributed by atoms with van der Waals surface area (Å²) in [7, 11) is 6.05. The number of likely N-dealkylation sites (tertiary alicyclic amines) is 1. The van der Waals surface area contributed by atoms with Gasteiger partial charge in [0.15, 0.2) is 5.96 Å². The predicted octanol–water partition coefficient (Wildman–Crippen LogP) is 2.23. The van der Waals surface area contributed by atoms with Crippen LogP contribution in [0.15, 0.2) is 4.99 Å². The topological polar surface area (TPSA) is 42.9 Å². The second-order valence-electron chi connectivity index (χ2n) is 7.44. The van der Waals surface area contributed by atoms with Gasteiger partial charge in [-0.1, -0.05) is 6.92 Å². The fraction of sp³-hybridized carbons (Fsp3) is 0.941. The molecule has 0 amide bonds. The molecule has 0 aromatic heterocycles. The van der Waals surface area contributed by atoms with Crippen LogP contribution < -0.4 is 10.6 Å². The number of nitrogens with zero attached hydrogens (tertiary/aromatic N) is 3. The SMILES string of the molecule is CN=C(NCCCN1CCC(C)CC1)NCC(C)(C)N(C)C.I. The maximum absolute atomic E-state index is 4.31. The van der Waals surface area contributed by atoms with Crippen molar-refractivity contribution in [3.05, 3.63) is 0 Å². The third kappa shape index (κ3) is 9.10. The fourth-order valence-electron chi connectivity index (χ4n) is 2.47. The molecule has 0 atom stereocenters. The van der Waals surface area contributed by atoms with Gasteiger partial charge in [0, 0.05) is 25.7 Å². The highest BCUT2D eigenvalue weighted by atomic mass is 127. The van der Waals surface area contributed by atoms with E-state index in [-0.39, 0.29) is 29.5 Å². The first-order valence-corrected chi connectivity index (χ1v) is 8.69. The van der Waals surface area contributed by atoms with Crippen LogP contribution in [-0.2, 0) is 0 Å². The highest BCUT2D eigenvalue weighted by molar-refractivity contribution is 14.0. The van der Waals surface area contributed by atoms with Gasteiger partial charge in [-0.15, -0.1) is 24.0 Å². The van der Waals surface area contributed by atoms with E-state index < -0.39 is 0 Å². The molecule has 1 heterocycles. The minimum atomic E-state index is 0. The Morgan fingerprint density at radius 2 is 1.83 bits per heavy atom. The normalized spacial score (nSPS) is 18.0. The summed E-state index contributed by atoms with van der Waals surface area (Å²) in [6, 6.07) is 0. The van der Waals surface area contributed by atoms with Gasteiger partial charge >= 0.3 is 0 Å². The van der Waals surface area contributed by atoms with Crippen molar-refractivity contribution in [2.75, 3.05) is 53.9 Å². The lowest BCUT2D eigenvalue weighted by molar-refractivity contribution is 0.190. The Morgan fingerprint density at radius 1 is 1.22 bits per heavy atom. The predicted molar refractivity (Wildman–Crippen MR) is 112 cm³/mol. The van der Waals surface area contributed by atoms with E-state index in [9.17, 15) is 0 Å². The summed E-state index contributed by atoms with van der Waals surface area (Å²) in [4.78, 5) is 9.12. The Kier molecular flexibility index (Phi) is 11.4. The third-order valence-electron chi connectivity index (χ3n) is 4.94. The first kappa shape index (κ1) is 22.9. The Bertz CT molecular complexity index is 336. The van der Waals surface area contributed by atoms with Crippen LogP contribution in [0.2, 0.25) is 0 Å². The lowest BCUT2D eigenvalue weighted by Crippen LogP contribution is -2.51. The third-order valence-corrected chi connectivity index (χ3v) is 4.94. The molecule has 23 heavy (non-hydrogen) atoms. The number of rotatable bonds is 7. The standard InChI is InChI=1S/C17H37N5.HI/c1-15-8-12-22(13-9-15)11-7-10-19-16(18-4)20-14-17(2,3)21(5)6;/h15H,7-14H2,1-6H3,(H2,18,19,20);1H. The molecule has 0 aromatic rings.